The van der Waals surface area contributed by atoms with Gasteiger partial charge in [0.05, 0.1) is 0 Å². The summed E-state index contributed by atoms with van der Waals surface area (Å²) in [5, 5.41) is 11.0. The van der Waals surface area contributed by atoms with Crippen molar-refractivity contribution in [3.8, 4) is 5.75 Å². The molecule has 1 aliphatic rings. The molecular formula is C26H30O4. The minimum Gasteiger partial charge on any atom is -0.507 e. The quantitative estimate of drug-likeness (QED) is 0.513. The van der Waals surface area contributed by atoms with E-state index < -0.39 is 28.3 Å². The lowest BCUT2D eigenvalue weighted by Crippen LogP contribution is -2.36. The van der Waals surface area contributed by atoms with Gasteiger partial charge in [-0.25, -0.2) is 0 Å². The molecule has 2 aromatic rings. The summed E-state index contributed by atoms with van der Waals surface area (Å²) in [6.07, 6.45) is 0. The van der Waals surface area contributed by atoms with E-state index in [4.69, 9.17) is 0 Å². The molecule has 158 valence electrons. The van der Waals surface area contributed by atoms with E-state index in [1.165, 1.54) is 0 Å². The van der Waals surface area contributed by atoms with Crippen molar-refractivity contribution in [1.29, 1.82) is 0 Å². The molecule has 0 radical (unpaired) electrons. The fraction of sp³-hybridized carbons (Fsp3) is 0.423. The molecule has 4 nitrogen and oxygen atoms in total. The molecule has 1 aliphatic carbocycles. The van der Waals surface area contributed by atoms with Gasteiger partial charge < -0.3 is 5.11 Å². The van der Waals surface area contributed by atoms with Crippen LogP contribution in [0.15, 0.2) is 24.3 Å². The molecule has 1 atom stereocenters. The number of Topliss-reactive ketones (excluding diaryl/α,β-unsaturated/α-hetero) is 3. The van der Waals surface area contributed by atoms with Crippen LogP contribution in [0.2, 0.25) is 0 Å². The summed E-state index contributed by atoms with van der Waals surface area (Å²) in [7, 11) is 0. The molecule has 0 fully saturated rings. The Morgan fingerprint density at radius 2 is 1.27 bits per heavy atom. The minimum atomic E-state index is -1.19. The van der Waals surface area contributed by atoms with Gasteiger partial charge in [-0.05, 0) is 53.0 Å². The Hall–Kier alpha value is -2.75. The Kier molecular flexibility index (Phi) is 5.05. The number of carbonyl (C=O) groups is 3. The van der Waals surface area contributed by atoms with E-state index >= 15 is 0 Å². The molecule has 2 aromatic carbocycles. The minimum absolute atomic E-state index is 0.174. The van der Waals surface area contributed by atoms with Gasteiger partial charge in [-0.2, -0.15) is 0 Å². The third-order valence-electron chi connectivity index (χ3n) is 5.80. The summed E-state index contributed by atoms with van der Waals surface area (Å²) in [5.41, 5.74) is 3.02. The highest BCUT2D eigenvalue weighted by Gasteiger charge is 2.43. The van der Waals surface area contributed by atoms with Gasteiger partial charge in [0.2, 0.25) is 11.6 Å². The van der Waals surface area contributed by atoms with Crippen molar-refractivity contribution in [2.45, 2.75) is 72.1 Å². The zero-order valence-corrected chi connectivity index (χ0v) is 19.1. The van der Waals surface area contributed by atoms with Gasteiger partial charge in [-0.15, -0.1) is 0 Å². The maximum Gasteiger partial charge on any atom is 0.230 e. The molecule has 0 spiro atoms. The van der Waals surface area contributed by atoms with Gasteiger partial charge in [-0.1, -0.05) is 65.3 Å². The van der Waals surface area contributed by atoms with Crippen LogP contribution in [-0.2, 0) is 15.6 Å². The van der Waals surface area contributed by atoms with E-state index in [9.17, 15) is 19.5 Å². The monoisotopic (exact) mass is 406 g/mol. The van der Waals surface area contributed by atoms with Gasteiger partial charge in [0.15, 0.2) is 5.78 Å². The number of hydrogen-bond acceptors (Lipinski definition) is 4. The van der Waals surface area contributed by atoms with Crippen LogP contribution >= 0.6 is 0 Å². The summed E-state index contributed by atoms with van der Waals surface area (Å²) in [4.78, 5) is 39.5. The molecule has 0 heterocycles. The van der Waals surface area contributed by atoms with E-state index in [2.05, 4.69) is 0 Å². The normalized spacial score (nSPS) is 17.3. The number of hydrogen-bond donors (Lipinski definition) is 1. The fourth-order valence-corrected chi connectivity index (χ4v) is 4.26. The predicted octanol–water partition coefficient (Wildman–Crippen LogP) is 5.34. The van der Waals surface area contributed by atoms with Crippen molar-refractivity contribution in [2.75, 3.05) is 0 Å². The lowest BCUT2D eigenvalue weighted by atomic mass is 9.72. The summed E-state index contributed by atoms with van der Waals surface area (Å²) < 4.78 is 0. The van der Waals surface area contributed by atoms with Crippen LogP contribution in [0.1, 0.15) is 96.0 Å². The molecule has 0 bridgehead atoms. The lowest BCUT2D eigenvalue weighted by Gasteiger charge is -2.30. The van der Waals surface area contributed by atoms with E-state index in [0.29, 0.717) is 27.8 Å². The number of ketones is 3. The fourth-order valence-electron chi connectivity index (χ4n) is 4.26. The largest absolute Gasteiger partial charge is 0.507 e. The lowest BCUT2D eigenvalue weighted by molar-refractivity contribution is -0.115. The van der Waals surface area contributed by atoms with E-state index in [1.54, 1.807) is 25.1 Å². The Bertz CT molecular complexity index is 1060. The first kappa shape index (κ1) is 21.9. The zero-order chi connectivity index (χ0) is 22.8. The standard InChI is InChI=1S/C26H30O4/c1-13-9-14(2)19-16(10-13)21(27)20(24(30)23(19)29)15-11-17(25(3,4)5)22(28)18(12-15)26(6,7)8/h9-12,20,28H,1-8H3. The summed E-state index contributed by atoms with van der Waals surface area (Å²) in [5.74, 6) is -2.69. The average molecular weight is 407 g/mol. The van der Waals surface area contributed by atoms with Gasteiger partial charge in [0.25, 0.3) is 0 Å². The SMILES string of the molecule is Cc1cc(C)c2c(c1)C(=O)C(c1cc(C(C)(C)C)c(O)c(C(C)(C)C)c1)C(=O)C2=O. The molecule has 3 rings (SSSR count). The van der Waals surface area contributed by atoms with Crippen LogP contribution in [0, 0.1) is 13.8 Å². The molecule has 0 aromatic heterocycles. The number of phenolic OH excluding ortho intramolecular Hbond substituents is 1. The number of aromatic hydroxyl groups is 1. The van der Waals surface area contributed by atoms with Gasteiger partial charge >= 0.3 is 0 Å². The second kappa shape index (κ2) is 6.90. The third kappa shape index (κ3) is 3.49. The molecule has 0 aliphatic heterocycles. The smallest absolute Gasteiger partial charge is 0.230 e. The highest BCUT2D eigenvalue weighted by molar-refractivity contribution is 6.53. The third-order valence-corrected chi connectivity index (χ3v) is 5.80. The second-order valence-electron chi connectivity index (χ2n) is 10.5. The summed E-state index contributed by atoms with van der Waals surface area (Å²) in [6, 6.07) is 6.93. The number of aryl methyl sites for hydroxylation is 2. The Morgan fingerprint density at radius 3 is 1.73 bits per heavy atom. The number of carbonyl (C=O) groups excluding carboxylic acids is 3. The zero-order valence-electron chi connectivity index (χ0n) is 19.1. The molecule has 1 N–H and O–H groups in total. The highest BCUT2D eigenvalue weighted by Crippen LogP contribution is 2.43. The average Bonchev–Trinajstić information content (AvgIpc) is 2.58. The number of phenols is 1. The summed E-state index contributed by atoms with van der Waals surface area (Å²) in [6.45, 7) is 15.4. The molecule has 0 amide bonds. The first-order valence-electron chi connectivity index (χ1n) is 10.3. The van der Waals surface area contributed by atoms with Crippen LogP contribution < -0.4 is 0 Å². The molecule has 0 saturated heterocycles. The first-order chi connectivity index (χ1) is 13.6. The molecule has 30 heavy (non-hydrogen) atoms. The van der Waals surface area contributed by atoms with Crippen molar-refractivity contribution >= 4 is 17.3 Å². The van der Waals surface area contributed by atoms with Crippen LogP contribution in [0.3, 0.4) is 0 Å². The number of fused-ring (bicyclic) bond motifs is 1. The number of rotatable bonds is 1. The molecule has 4 heteroatoms. The van der Waals surface area contributed by atoms with E-state index in [0.717, 1.165) is 5.56 Å². The second-order valence-corrected chi connectivity index (χ2v) is 10.5. The van der Waals surface area contributed by atoms with Crippen molar-refractivity contribution < 1.29 is 19.5 Å². The van der Waals surface area contributed by atoms with E-state index in [-0.39, 0.29) is 17.1 Å². The topological polar surface area (TPSA) is 71.4 Å². The van der Waals surface area contributed by atoms with E-state index in [1.807, 2.05) is 54.5 Å². The van der Waals surface area contributed by atoms with Crippen LogP contribution in [0.25, 0.3) is 0 Å². The maximum atomic E-state index is 13.4. The van der Waals surface area contributed by atoms with Crippen LogP contribution in [-0.4, -0.2) is 22.5 Å². The van der Waals surface area contributed by atoms with Gasteiger partial charge in [0.1, 0.15) is 11.7 Å². The highest BCUT2D eigenvalue weighted by atomic mass is 16.3. The van der Waals surface area contributed by atoms with Gasteiger partial charge in [-0.3, -0.25) is 14.4 Å². The summed E-state index contributed by atoms with van der Waals surface area (Å²) >= 11 is 0. The van der Waals surface area contributed by atoms with Crippen molar-refractivity contribution in [3.05, 3.63) is 63.2 Å². The van der Waals surface area contributed by atoms with Crippen molar-refractivity contribution in [1.82, 2.24) is 0 Å². The molecule has 1 unspecified atom stereocenters. The maximum absolute atomic E-state index is 13.4. The molecule has 0 saturated carbocycles. The van der Waals surface area contributed by atoms with Crippen LogP contribution in [0.4, 0.5) is 0 Å². The van der Waals surface area contributed by atoms with Crippen LogP contribution in [0.5, 0.6) is 5.75 Å². The first-order valence-corrected chi connectivity index (χ1v) is 10.3. The number of benzene rings is 2. The Morgan fingerprint density at radius 1 is 0.767 bits per heavy atom. The predicted molar refractivity (Wildman–Crippen MR) is 118 cm³/mol. The van der Waals surface area contributed by atoms with Crippen molar-refractivity contribution in [3.63, 3.8) is 0 Å². The Labute approximate surface area is 178 Å². The molecular weight excluding hydrogens is 376 g/mol. The van der Waals surface area contributed by atoms with Crippen molar-refractivity contribution in [2.24, 2.45) is 0 Å². The Balaban J connectivity index is 2.31. The van der Waals surface area contributed by atoms with Gasteiger partial charge in [0, 0.05) is 11.1 Å².